The van der Waals surface area contributed by atoms with Crippen molar-refractivity contribution in [3.63, 3.8) is 0 Å². The monoisotopic (exact) mass is 321 g/mol. The summed E-state index contributed by atoms with van der Waals surface area (Å²) in [6, 6.07) is 1.34. The van der Waals surface area contributed by atoms with E-state index >= 15 is 0 Å². The fourth-order valence-electron chi connectivity index (χ4n) is 3.92. The third-order valence-electron chi connectivity index (χ3n) is 5.41. The van der Waals surface area contributed by atoms with Crippen molar-refractivity contribution < 1.29 is 18.7 Å². The van der Waals surface area contributed by atoms with Gasteiger partial charge in [-0.25, -0.2) is 0 Å². The van der Waals surface area contributed by atoms with E-state index in [2.05, 4.69) is 0 Å². The zero-order chi connectivity index (χ0) is 16.6. The predicted octanol–water partition coefficient (Wildman–Crippen LogP) is 2.07. The molecular formula is C17H23NO5. The van der Waals surface area contributed by atoms with Crippen LogP contribution in [0.15, 0.2) is 21.5 Å². The van der Waals surface area contributed by atoms with E-state index in [4.69, 9.17) is 13.9 Å². The van der Waals surface area contributed by atoms with E-state index in [1.165, 1.54) is 25.9 Å². The molecule has 2 atom stereocenters. The SMILES string of the molecule is CCO[C@@H]1C[C@H](N(C)C(=O)c2cc(=O)c(OC)co2)C12CCC2. The van der Waals surface area contributed by atoms with Gasteiger partial charge >= 0.3 is 0 Å². The van der Waals surface area contributed by atoms with Crippen LogP contribution in [0.5, 0.6) is 5.75 Å². The molecule has 1 amide bonds. The topological polar surface area (TPSA) is 69.0 Å². The van der Waals surface area contributed by atoms with Gasteiger partial charge in [-0.3, -0.25) is 9.59 Å². The Bertz CT molecular complexity index is 649. The van der Waals surface area contributed by atoms with E-state index < -0.39 is 0 Å². The molecule has 0 saturated heterocycles. The molecule has 1 spiro atoms. The Labute approximate surface area is 135 Å². The fraction of sp³-hybridized carbons (Fsp3) is 0.647. The molecular weight excluding hydrogens is 298 g/mol. The van der Waals surface area contributed by atoms with Gasteiger partial charge in [-0.2, -0.15) is 0 Å². The lowest BCUT2D eigenvalue weighted by Crippen LogP contribution is -2.67. The van der Waals surface area contributed by atoms with Gasteiger partial charge in [0.1, 0.15) is 6.26 Å². The highest BCUT2D eigenvalue weighted by Crippen LogP contribution is 2.59. The Morgan fingerprint density at radius 3 is 2.74 bits per heavy atom. The van der Waals surface area contributed by atoms with Gasteiger partial charge < -0.3 is 18.8 Å². The largest absolute Gasteiger partial charge is 0.490 e. The summed E-state index contributed by atoms with van der Waals surface area (Å²) in [6.45, 7) is 2.70. The molecule has 2 fully saturated rings. The zero-order valence-electron chi connectivity index (χ0n) is 13.8. The molecule has 6 heteroatoms. The molecule has 1 aromatic rings. The van der Waals surface area contributed by atoms with E-state index in [1.54, 1.807) is 11.9 Å². The summed E-state index contributed by atoms with van der Waals surface area (Å²) < 4.78 is 16.0. The molecule has 3 rings (SSSR count). The number of rotatable bonds is 5. The van der Waals surface area contributed by atoms with Crippen molar-refractivity contribution in [2.24, 2.45) is 5.41 Å². The summed E-state index contributed by atoms with van der Waals surface area (Å²) in [4.78, 5) is 26.2. The lowest BCUT2D eigenvalue weighted by atomic mass is 9.50. The van der Waals surface area contributed by atoms with Crippen molar-refractivity contribution in [1.82, 2.24) is 4.90 Å². The van der Waals surface area contributed by atoms with Crippen molar-refractivity contribution >= 4 is 5.91 Å². The van der Waals surface area contributed by atoms with Crippen LogP contribution in [0.1, 0.15) is 43.2 Å². The van der Waals surface area contributed by atoms with Crippen LogP contribution in [0.2, 0.25) is 0 Å². The fourth-order valence-corrected chi connectivity index (χ4v) is 3.92. The summed E-state index contributed by atoms with van der Waals surface area (Å²) in [7, 11) is 3.17. The van der Waals surface area contributed by atoms with Crippen LogP contribution in [0, 0.1) is 5.41 Å². The summed E-state index contributed by atoms with van der Waals surface area (Å²) in [5, 5.41) is 0. The van der Waals surface area contributed by atoms with Crippen molar-refractivity contribution in [2.45, 2.75) is 44.8 Å². The molecule has 1 heterocycles. The zero-order valence-corrected chi connectivity index (χ0v) is 13.8. The highest BCUT2D eigenvalue weighted by atomic mass is 16.5. The minimum Gasteiger partial charge on any atom is -0.490 e. The van der Waals surface area contributed by atoms with Crippen molar-refractivity contribution in [3.05, 3.63) is 28.3 Å². The van der Waals surface area contributed by atoms with Crippen LogP contribution in [0.4, 0.5) is 0 Å². The number of methoxy groups -OCH3 is 1. The van der Waals surface area contributed by atoms with E-state index in [-0.39, 0.29) is 40.4 Å². The third-order valence-corrected chi connectivity index (χ3v) is 5.41. The van der Waals surface area contributed by atoms with Crippen LogP contribution in [-0.4, -0.2) is 43.7 Å². The van der Waals surface area contributed by atoms with Crippen molar-refractivity contribution in [3.8, 4) is 5.75 Å². The first-order valence-electron chi connectivity index (χ1n) is 8.09. The number of ether oxygens (including phenoxy) is 2. The molecule has 126 valence electrons. The molecule has 0 bridgehead atoms. The molecule has 1 aromatic heterocycles. The highest BCUT2D eigenvalue weighted by molar-refractivity contribution is 5.91. The molecule has 0 aromatic carbocycles. The number of hydrogen-bond acceptors (Lipinski definition) is 5. The molecule has 0 N–H and O–H groups in total. The average Bonchev–Trinajstić information content (AvgIpc) is 2.48. The first-order valence-corrected chi connectivity index (χ1v) is 8.09. The average molecular weight is 321 g/mol. The quantitative estimate of drug-likeness (QED) is 0.830. The van der Waals surface area contributed by atoms with E-state index in [0.29, 0.717) is 6.61 Å². The first-order chi connectivity index (χ1) is 11.0. The maximum absolute atomic E-state index is 12.6. The summed E-state index contributed by atoms with van der Waals surface area (Å²) in [6.07, 6.45) is 5.63. The summed E-state index contributed by atoms with van der Waals surface area (Å²) >= 11 is 0. The Hall–Kier alpha value is -1.82. The molecule has 6 nitrogen and oxygen atoms in total. The van der Waals surface area contributed by atoms with Gasteiger partial charge in [-0.1, -0.05) is 6.42 Å². The van der Waals surface area contributed by atoms with Gasteiger partial charge in [0.2, 0.25) is 11.2 Å². The van der Waals surface area contributed by atoms with Crippen LogP contribution in [0.25, 0.3) is 0 Å². The number of amides is 1. The van der Waals surface area contributed by atoms with Crippen molar-refractivity contribution in [2.75, 3.05) is 20.8 Å². The summed E-state index contributed by atoms with van der Waals surface area (Å²) in [5.74, 6) is -0.122. The van der Waals surface area contributed by atoms with Crippen LogP contribution < -0.4 is 10.2 Å². The number of nitrogens with zero attached hydrogens (tertiary/aromatic N) is 1. The maximum atomic E-state index is 12.6. The molecule has 0 radical (unpaired) electrons. The molecule has 0 aliphatic heterocycles. The Morgan fingerprint density at radius 2 is 2.22 bits per heavy atom. The standard InChI is InChI=1S/C17H23NO5/c1-4-22-15-9-14(17(15)6-5-7-17)18(2)16(20)12-8-11(19)13(21-3)10-23-12/h8,10,14-15H,4-7,9H2,1-3H3/t14-,15+/m0/s1. The minimum atomic E-state index is -0.352. The normalized spacial score (nSPS) is 24.7. The molecule has 23 heavy (non-hydrogen) atoms. The lowest BCUT2D eigenvalue weighted by molar-refractivity contribution is -0.192. The van der Waals surface area contributed by atoms with E-state index in [1.807, 2.05) is 6.92 Å². The first kappa shape index (κ1) is 16.1. The van der Waals surface area contributed by atoms with E-state index in [0.717, 1.165) is 19.3 Å². The van der Waals surface area contributed by atoms with Gasteiger partial charge in [0.25, 0.3) is 5.91 Å². The second kappa shape index (κ2) is 6.00. The maximum Gasteiger partial charge on any atom is 0.289 e. The van der Waals surface area contributed by atoms with Crippen LogP contribution in [-0.2, 0) is 4.74 Å². The minimum absolute atomic E-state index is 0.0487. The smallest absolute Gasteiger partial charge is 0.289 e. The number of carbonyl (C=O) groups is 1. The van der Waals surface area contributed by atoms with Gasteiger partial charge in [0.05, 0.1) is 13.2 Å². The molecule has 0 unspecified atom stereocenters. The number of hydrogen-bond donors (Lipinski definition) is 0. The second-order valence-corrected chi connectivity index (χ2v) is 6.38. The van der Waals surface area contributed by atoms with E-state index in [9.17, 15) is 9.59 Å². The lowest BCUT2D eigenvalue weighted by Gasteiger charge is -2.63. The van der Waals surface area contributed by atoms with Gasteiger partial charge in [0.15, 0.2) is 5.76 Å². The van der Waals surface area contributed by atoms with Crippen LogP contribution >= 0.6 is 0 Å². The molecule has 2 saturated carbocycles. The Balaban J connectivity index is 1.76. The predicted molar refractivity (Wildman–Crippen MR) is 83.7 cm³/mol. The summed E-state index contributed by atoms with van der Waals surface area (Å²) in [5.41, 5.74) is -0.262. The molecule has 2 aliphatic carbocycles. The van der Waals surface area contributed by atoms with Crippen LogP contribution in [0.3, 0.4) is 0 Å². The third kappa shape index (κ3) is 2.45. The van der Waals surface area contributed by atoms with Crippen molar-refractivity contribution in [1.29, 1.82) is 0 Å². The Morgan fingerprint density at radius 1 is 1.48 bits per heavy atom. The van der Waals surface area contributed by atoms with Gasteiger partial charge in [-0.05, 0) is 26.2 Å². The van der Waals surface area contributed by atoms with Gasteiger partial charge in [-0.15, -0.1) is 0 Å². The second-order valence-electron chi connectivity index (χ2n) is 6.38. The Kier molecular flexibility index (Phi) is 4.19. The van der Waals surface area contributed by atoms with Gasteiger partial charge in [0, 0.05) is 31.2 Å². The highest BCUT2D eigenvalue weighted by Gasteiger charge is 2.61. The molecule has 2 aliphatic rings. The number of carbonyl (C=O) groups excluding carboxylic acids is 1.